The zero-order valence-corrected chi connectivity index (χ0v) is 10.3. The van der Waals surface area contributed by atoms with Gasteiger partial charge in [-0.3, -0.25) is 23.7 Å². The van der Waals surface area contributed by atoms with E-state index in [0.29, 0.717) is 5.56 Å². The van der Waals surface area contributed by atoms with Gasteiger partial charge in [0.2, 0.25) is 0 Å². The predicted octanol–water partition coefficient (Wildman–Crippen LogP) is 2.51. The summed E-state index contributed by atoms with van der Waals surface area (Å²) in [5.74, 6) is 0. The van der Waals surface area contributed by atoms with Crippen LogP contribution in [0, 0.1) is 10.1 Å². The number of rotatable bonds is 6. The van der Waals surface area contributed by atoms with Crippen LogP contribution in [0.4, 0.5) is 5.69 Å². The second-order valence-corrected chi connectivity index (χ2v) is 4.85. The molecule has 0 atom stereocenters. The van der Waals surface area contributed by atoms with Crippen molar-refractivity contribution in [2.45, 2.75) is 6.61 Å². The summed E-state index contributed by atoms with van der Waals surface area (Å²) in [5, 5.41) is 10.7. The molecule has 7 nitrogen and oxygen atoms in total. The maximum atomic E-state index is 11.6. The van der Waals surface area contributed by atoms with E-state index in [0.717, 1.165) is 0 Å². The highest BCUT2D eigenvalue weighted by molar-refractivity contribution is 7.48. The van der Waals surface area contributed by atoms with Crippen molar-refractivity contribution in [3.05, 3.63) is 39.9 Å². The van der Waals surface area contributed by atoms with Gasteiger partial charge in [-0.25, -0.2) is 4.57 Å². The summed E-state index contributed by atoms with van der Waals surface area (Å²) in [5.41, 5.74) is 0.193. The third-order valence-corrected chi connectivity index (χ3v) is 3.35. The lowest BCUT2D eigenvalue weighted by molar-refractivity contribution is -0.385. The highest BCUT2D eigenvalue weighted by Crippen LogP contribution is 2.48. The Labute approximate surface area is 98.1 Å². The van der Waals surface area contributed by atoms with Crippen molar-refractivity contribution in [2.24, 2.45) is 0 Å². The monoisotopic (exact) mass is 261 g/mol. The van der Waals surface area contributed by atoms with Crippen molar-refractivity contribution in [3.63, 3.8) is 0 Å². The lowest BCUT2D eigenvalue weighted by atomic mass is 10.2. The predicted molar refractivity (Wildman–Crippen MR) is 59.5 cm³/mol. The number of nitrogens with zero attached hydrogens (tertiary/aromatic N) is 1. The van der Waals surface area contributed by atoms with Gasteiger partial charge >= 0.3 is 7.82 Å². The molecule has 0 N–H and O–H groups in total. The molecular weight excluding hydrogens is 249 g/mol. The summed E-state index contributed by atoms with van der Waals surface area (Å²) in [6.45, 7) is -0.226. The van der Waals surface area contributed by atoms with Crippen LogP contribution in [0.25, 0.3) is 0 Å². The SMILES string of the molecule is COP(=O)(OC)OCc1ccccc1[N+](=O)[O-]. The van der Waals surface area contributed by atoms with Gasteiger partial charge in [0.15, 0.2) is 0 Å². The van der Waals surface area contributed by atoms with E-state index in [1.807, 2.05) is 0 Å². The third kappa shape index (κ3) is 3.61. The highest BCUT2D eigenvalue weighted by atomic mass is 31.2. The molecule has 8 heteroatoms. The van der Waals surface area contributed by atoms with Crippen molar-refractivity contribution in [2.75, 3.05) is 14.2 Å². The first-order valence-electron chi connectivity index (χ1n) is 4.61. The Hall–Kier alpha value is -1.27. The number of hydrogen-bond acceptors (Lipinski definition) is 6. The smallest absolute Gasteiger partial charge is 0.290 e. The van der Waals surface area contributed by atoms with E-state index in [-0.39, 0.29) is 12.3 Å². The second-order valence-electron chi connectivity index (χ2n) is 2.97. The lowest BCUT2D eigenvalue weighted by Gasteiger charge is -2.13. The maximum absolute atomic E-state index is 11.6. The van der Waals surface area contributed by atoms with Crippen molar-refractivity contribution < 1.29 is 23.1 Å². The van der Waals surface area contributed by atoms with Crippen LogP contribution in [-0.2, 0) is 24.7 Å². The van der Waals surface area contributed by atoms with E-state index < -0.39 is 12.7 Å². The minimum Gasteiger partial charge on any atom is -0.290 e. The molecule has 0 amide bonds. The van der Waals surface area contributed by atoms with E-state index in [1.165, 1.54) is 32.4 Å². The molecule has 0 saturated carbocycles. The molecule has 0 aliphatic rings. The van der Waals surface area contributed by atoms with E-state index in [9.17, 15) is 14.7 Å². The van der Waals surface area contributed by atoms with Gasteiger partial charge in [0.05, 0.1) is 17.1 Å². The Balaban J connectivity index is 2.83. The molecule has 0 saturated heterocycles. The maximum Gasteiger partial charge on any atom is 0.474 e. The average Bonchev–Trinajstić information content (AvgIpc) is 2.36. The Morgan fingerprint density at radius 2 is 1.88 bits per heavy atom. The molecule has 0 unspecified atom stereocenters. The summed E-state index contributed by atoms with van der Waals surface area (Å²) in [7, 11) is -1.28. The van der Waals surface area contributed by atoms with Crippen LogP contribution < -0.4 is 0 Å². The Kier molecular flexibility index (Phi) is 4.77. The minimum absolute atomic E-state index is 0.105. The van der Waals surface area contributed by atoms with Crippen LogP contribution in [0.2, 0.25) is 0 Å². The molecule has 0 spiro atoms. The third-order valence-electron chi connectivity index (χ3n) is 2.01. The van der Waals surface area contributed by atoms with E-state index in [2.05, 4.69) is 9.05 Å². The molecular formula is C9H12NO6P. The molecule has 1 aromatic rings. The number of nitro groups is 1. The van der Waals surface area contributed by atoms with Gasteiger partial charge in [0.1, 0.15) is 0 Å². The molecule has 0 heterocycles. The first kappa shape index (κ1) is 13.8. The van der Waals surface area contributed by atoms with Crippen LogP contribution in [0.15, 0.2) is 24.3 Å². The summed E-state index contributed by atoms with van der Waals surface area (Å²) in [4.78, 5) is 10.2. The molecule has 1 aromatic carbocycles. The second kappa shape index (κ2) is 5.88. The van der Waals surface area contributed by atoms with Crippen molar-refractivity contribution in [3.8, 4) is 0 Å². The number of phosphoric acid groups is 1. The van der Waals surface area contributed by atoms with Gasteiger partial charge in [-0.2, -0.15) is 0 Å². The van der Waals surface area contributed by atoms with E-state index in [4.69, 9.17) is 4.52 Å². The van der Waals surface area contributed by atoms with Gasteiger partial charge in [-0.15, -0.1) is 0 Å². The average molecular weight is 261 g/mol. The van der Waals surface area contributed by atoms with Crippen molar-refractivity contribution in [1.82, 2.24) is 0 Å². The van der Waals surface area contributed by atoms with Gasteiger partial charge in [-0.1, -0.05) is 12.1 Å². The first-order chi connectivity index (χ1) is 8.02. The molecule has 0 aliphatic heterocycles. The fourth-order valence-corrected chi connectivity index (χ4v) is 1.80. The van der Waals surface area contributed by atoms with Crippen molar-refractivity contribution in [1.29, 1.82) is 0 Å². The lowest BCUT2D eigenvalue weighted by Crippen LogP contribution is -1.99. The molecule has 0 aliphatic carbocycles. The quantitative estimate of drug-likeness (QED) is 0.444. The van der Waals surface area contributed by atoms with E-state index >= 15 is 0 Å². The Morgan fingerprint density at radius 1 is 1.29 bits per heavy atom. The van der Waals surface area contributed by atoms with Crippen molar-refractivity contribution >= 4 is 13.5 Å². The van der Waals surface area contributed by atoms with Crippen LogP contribution in [0.5, 0.6) is 0 Å². The number of para-hydroxylation sites is 1. The normalized spacial score (nSPS) is 11.4. The zero-order chi connectivity index (χ0) is 12.9. The molecule has 17 heavy (non-hydrogen) atoms. The summed E-state index contributed by atoms with van der Waals surface area (Å²) in [6.07, 6.45) is 0. The number of benzene rings is 1. The highest BCUT2D eigenvalue weighted by Gasteiger charge is 2.24. The number of hydrogen-bond donors (Lipinski definition) is 0. The molecule has 0 fully saturated rings. The molecule has 94 valence electrons. The largest absolute Gasteiger partial charge is 0.474 e. The number of phosphoric ester groups is 1. The summed E-state index contributed by atoms with van der Waals surface area (Å²) < 4.78 is 25.6. The van der Waals surface area contributed by atoms with Crippen LogP contribution >= 0.6 is 7.82 Å². The zero-order valence-electron chi connectivity index (χ0n) is 9.36. The summed E-state index contributed by atoms with van der Waals surface area (Å²) >= 11 is 0. The topological polar surface area (TPSA) is 87.9 Å². The first-order valence-corrected chi connectivity index (χ1v) is 6.07. The fraction of sp³-hybridized carbons (Fsp3) is 0.333. The van der Waals surface area contributed by atoms with Crippen LogP contribution in [0.1, 0.15) is 5.56 Å². The molecule has 0 radical (unpaired) electrons. The van der Waals surface area contributed by atoms with Gasteiger partial charge in [-0.05, 0) is 6.07 Å². The minimum atomic E-state index is -3.62. The fourth-order valence-electron chi connectivity index (χ4n) is 1.14. The van der Waals surface area contributed by atoms with Gasteiger partial charge in [0.25, 0.3) is 5.69 Å². The molecule has 1 rings (SSSR count). The Morgan fingerprint density at radius 3 is 2.41 bits per heavy atom. The van der Waals surface area contributed by atoms with Gasteiger partial charge in [0, 0.05) is 20.3 Å². The van der Waals surface area contributed by atoms with Crippen LogP contribution in [0.3, 0.4) is 0 Å². The molecule has 0 bridgehead atoms. The van der Waals surface area contributed by atoms with E-state index in [1.54, 1.807) is 6.07 Å². The summed E-state index contributed by atoms with van der Waals surface area (Å²) in [6, 6.07) is 6.00. The van der Waals surface area contributed by atoms with Crippen LogP contribution in [-0.4, -0.2) is 19.1 Å². The number of nitro benzene ring substituents is 1. The Bertz CT molecular complexity index is 441. The van der Waals surface area contributed by atoms with Gasteiger partial charge < -0.3 is 0 Å². The molecule has 0 aromatic heterocycles. The standard InChI is InChI=1S/C9H12NO6P/c1-14-17(13,15-2)16-7-8-5-3-4-6-9(8)10(11)12/h3-6H,7H2,1-2H3.